The largest absolute Gasteiger partial charge is 0.287 e. The summed E-state index contributed by atoms with van der Waals surface area (Å²) in [4.78, 5) is 12.6. The average molecular weight is 368 g/mol. The van der Waals surface area contributed by atoms with E-state index in [1.165, 1.54) is 18.4 Å². The van der Waals surface area contributed by atoms with Crippen molar-refractivity contribution in [2.24, 2.45) is 0 Å². The Morgan fingerprint density at radius 3 is 2.57 bits per heavy atom. The highest BCUT2D eigenvalue weighted by atomic mass is 16.1. The zero-order chi connectivity index (χ0) is 19.1. The van der Waals surface area contributed by atoms with Crippen molar-refractivity contribution in [2.75, 3.05) is 0 Å². The average Bonchev–Trinajstić information content (AvgIpc) is 3.46. The standard InChI is InChI=1S/C23H20N4O/c1-16-15-18(17-7-8-17)9-10-20(16)26-14-12-22(28)23(25-26)21-11-13-24-27(21)19-5-3-2-4-6-19/h2-6,9-15,17H,7-8H2,1H3. The van der Waals surface area contributed by atoms with E-state index in [1.54, 1.807) is 27.8 Å². The van der Waals surface area contributed by atoms with Crippen molar-refractivity contribution in [3.8, 4) is 22.8 Å². The van der Waals surface area contributed by atoms with E-state index in [2.05, 4.69) is 35.3 Å². The third-order valence-electron chi connectivity index (χ3n) is 5.21. The fourth-order valence-corrected chi connectivity index (χ4v) is 3.58. The van der Waals surface area contributed by atoms with E-state index in [0.29, 0.717) is 17.3 Å². The Hall–Kier alpha value is -3.47. The molecule has 2 aromatic heterocycles. The highest BCUT2D eigenvalue weighted by molar-refractivity contribution is 5.57. The summed E-state index contributed by atoms with van der Waals surface area (Å²) < 4.78 is 3.53. The van der Waals surface area contributed by atoms with Gasteiger partial charge in [-0.3, -0.25) is 4.79 Å². The molecule has 5 nitrogen and oxygen atoms in total. The Labute approximate surface area is 162 Å². The van der Waals surface area contributed by atoms with Gasteiger partial charge in [-0.05, 0) is 61.1 Å². The molecule has 0 aliphatic heterocycles. The first-order chi connectivity index (χ1) is 13.7. The van der Waals surface area contributed by atoms with Crippen LogP contribution in [0.3, 0.4) is 0 Å². The summed E-state index contributed by atoms with van der Waals surface area (Å²) in [5.74, 6) is 0.713. The third kappa shape index (κ3) is 2.95. The molecule has 5 heteroatoms. The summed E-state index contributed by atoms with van der Waals surface area (Å²) in [7, 11) is 0. The SMILES string of the molecule is Cc1cc(C2CC2)ccc1-n1ccc(=O)c(-c2ccnn2-c2ccccc2)n1. The molecule has 0 spiro atoms. The monoisotopic (exact) mass is 368 g/mol. The predicted molar refractivity (Wildman–Crippen MR) is 109 cm³/mol. The lowest BCUT2D eigenvalue weighted by Crippen LogP contribution is -2.15. The van der Waals surface area contributed by atoms with Crippen LogP contribution in [-0.2, 0) is 0 Å². The molecule has 138 valence electrons. The highest BCUT2D eigenvalue weighted by Crippen LogP contribution is 2.40. The summed E-state index contributed by atoms with van der Waals surface area (Å²) in [5, 5.41) is 9.06. The van der Waals surface area contributed by atoms with Crippen molar-refractivity contribution in [2.45, 2.75) is 25.7 Å². The lowest BCUT2D eigenvalue weighted by Gasteiger charge is -2.12. The van der Waals surface area contributed by atoms with Gasteiger partial charge in [0.25, 0.3) is 0 Å². The number of para-hydroxylation sites is 1. The van der Waals surface area contributed by atoms with Gasteiger partial charge in [0.2, 0.25) is 5.43 Å². The molecular formula is C23H20N4O. The number of nitrogens with zero attached hydrogens (tertiary/aromatic N) is 4. The molecule has 28 heavy (non-hydrogen) atoms. The summed E-state index contributed by atoms with van der Waals surface area (Å²) in [6.07, 6.45) is 5.98. The van der Waals surface area contributed by atoms with Crippen molar-refractivity contribution in [1.29, 1.82) is 0 Å². The quantitative estimate of drug-likeness (QED) is 0.540. The zero-order valence-electron chi connectivity index (χ0n) is 15.6. The second-order valence-electron chi connectivity index (χ2n) is 7.26. The van der Waals surface area contributed by atoms with Crippen LogP contribution in [0.4, 0.5) is 0 Å². The van der Waals surface area contributed by atoms with Gasteiger partial charge in [0.1, 0.15) is 0 Å². The molecule has 4 aromatic rings. The lowest BCUT2D eigenvalue weighted by molar-refractivity contribution is 0.817. The van der Waals surface area contributed by atoms with Crippen LogP contribution in [0.25, 0.3) is 22.8 Å². The van der Waals surface area contributed by atoms with E-state index in [-0.39, 0.29) is 5.43 Å². The normalized spacial score (nSPS) is 13.6. The molecule has 2 aromatic carbocycles. The molecule has 5 rings (SSSR count). The molecule has 0 bridgehead atoms. The minimum atomic E-state index is -0.124. The maximum absolute atomic E-state index is 12.6. The Kier molecular flexibility index (Phi) is 3.93. The Bertz CT molecular complexity index is 1200. The van der Waals surface area contributed by atoms with E-state index in [0.717, 1.165) is 16.9 Å². The van der Waals surface area contributed by atoms with E-state index in [4.69, 9.17) is 0 Å². The first-order valence-electron chi connectivity index (χ1n) is 9.51. The number of aryl methyl sites for hydroxylation is 1. The van der Waals surface area contributed by atoms with Gasteiger partial charge in [-0.25, -0.2) is 9.36 Å². The molecular weight excluding hydrogens is 348 g/mol. The fraction of sp³-hybridized carbons (Fsp3) is 0.174. The van der Waals surface area contributed by atoms with Crippen molar-refractivity contribution in [1.82, 2.24) is 19.6 Å². The van der Waals surface area contributed by atoms with Crippen LogP contribution in [-0.4, -0.2) is 19.6 Å². The number of rotatable bonds is 4. The van der Waals surface area contributed by atoms with Gasteiger partial charge in [-0.1, -0.05) is 30.3 Å². The van der Waals surface area contributed by atoms with Crippen LogP contribution in [0.5, 0.6) is 0 Å². The van der Waals surface area contributed by atoms with Crippen LogP contribution < -0.4 is 5.43 Å². The van der Waals surface area contributed by atoms with Gasteiger partial charge in [0.05, 0.1) is 23.3 Å². The maximum Gasteiger partial charge on any atom is 0.209 e. The summed E-state index contributed by atoms with van der Waals surface area (Å²) in [5.41, 5.74) is 5.36. The van der Waals surface area contributed by atoms with Crippen molar-refractivity contribution in [3.63, 3.8) is 0 Å². The summed E-state index contributed by atoms with van der Waals surface area (Å²) >= 11 is 0. The molecule has 1 fully saturated rings. The highest BCUT2D eigenvalue weighted by Gasteiger charge is 2.24. The smallest absolute Gasteiger partial charge is 0.209 e. The molecule has 0 amide bonds. The molecule has 0 unspecified atom stereocenters. The van der Waals surface area contributed by atoms with Gasteiger partial charge in [0.15, 0.2) is 5.69 Å². The fourth-order valence-electron chi connectivity index (χ4n) is 3.58. The second-order valence-corrected chi connectivity index (χ2v) is 7.26. The first-order valence-corrected chi connectivity index (χ1v) is 9.51. The van der Waals surface area contributed by atoms with Crippen molar-refractivity contribution in [3.05, 3.63) is 94.4 Å². The van der Waals surface area contributed by atoms with Crippen LogP contribution in [0.1, 0.15) is 29.9 Å². The van der Waals surface area contributed by atoms with Gasteiger partial charge < -0.3 is 0 Å². The van der Waals surface area contributed by atoms with Crippen LogP contribution in [0.15, 0.2) is 77.9 Å². The number of benzene rings is 2. The second kappa shape index (κ2) is 6.60. The molecule has 2 heterocycles. The first kappa shape index (κ1) is 16.7. The number of aromatic nitrogens is 4. The molecule has 1 aliphatic rings. The van der Waals surface area contributed by atoms with Gasteiger partial charge >= 0.3 is 0 Å². The molecule has 0 N–H and O–H groups in total. The minimum absolute atomic E-state index is 0.124. The topological polar surface area (TPSA) is 52.7 Å². The molecule has 0 atom stereocenters. The van der Waals surface area contributed by atoms with Crippen LogP contribution in [0, 0.1) is 6.92 Å². The minimum Gasteiger partial charge on any atom is -0.287 e. The van der Waals surface area contributed by atoms with E-state index in [9.17, 15) is 4.79 Å². The predicted octanol–water partition coefficient (Wildman–Crippen LogP) is 4.27. The van der Waals surface area contributed by atoms with Gasteiger partial charge in [-0.2, -0.15) is 10.2 Å². The van der Waals surface area contributed by atoms with Crippen molar-refractivity contribution < 1.29 is 0 Å². The van der Waals surface area contributed by atoms with Gasteiger partial charge in [0, 0.05) is 12.3 Å². The van der Waals surface area contributed by atoms with Crippen molar-refractivity contribution >= 4 is 0 Å². The van der Waals surface area contributed by atoms with Crippen LogP contribution >= 0.6 is 0 Å². The Morgan fingerprint density at radius 2 is 1.82 bits per heavy atom. The molecule has 0 radical (unpaired) electrons. The molecule has 1 aliphatic carbocycles. The maximum atomic E-state index is 12.6. The Balaban J connectivity index is 1.60. The van der Waals surface area contributed by atoms with E-state index >= 15 is 0 Å². The lowest BCUT2D eigenvalue weighted by atomic mass is 10.1. The van der Waals surface area contributed by atoms with Crippen LogP contribution in [0.2, 0.25) is 0 Å². The van der Waals surface area contributed by atoms with E-state index < -0.39 is 0 Å². The Morgan fingerprint density at radius 1 is 1.00 bits per heavy atom. The zero-order valence-corrected chi connectivity index (χ0v) is 15.6. The molecule has 1 saturated carbocycles. The third-order valence-corrected chi connectivity index (χ3v) is 5.21. The van der Waals surface area contributed by atoms with E-state index in [1.807, 2.05) is 36.4 Å². The van der Waals surface area contributed by atoms with Gasteiger partial charge in [-0.15, -0.1) is 0 Å². The number of hydrogen-bond acceptors (Lipinski definition) is 3. The number of hydrogen-bond donors (Lipinski definition) is 0. The summed E-state index contributed by atoms with van der Waals surface area (Å²) in [6, 6.07) is 19.7. The molecule has 0 saturated heterocycles. The summed E-state index contributed by atoms with van der Waals surface area (Å²) in [6.45, 7) is 2.09.